The number of fused-ring (bicyclic) bond motifs is 1. The number of nitrogens with one attached hydrogen (secondary N) is 1. The minimum absolute atomic E-state index is 0.0380. The molecule has 0 saturated carbocycles. The SMILES string of the molecule is Cc1nc(CC(=O)NC2CC3(CCC(=O)N(C)CC3)Oc3ccccc32)cs1. The number of amides is 2. The van der Waals surface area contributed by atoms with Crippen LogP contribution >= 0.6 is 11.3 Å². The van der Waals surface area contributed by atoms with E-state index in [1.54, 1.807) is 16.2 Å². The lowest BCUT2D eigenvalue weighted by Crippen LogP contribution is -2.46. The van der Waals surface area contributed by atoms with Crippen molar-refractivity contribution in [3.05, 3.63) is 45.9 Å². The van der Waals surface area contributed by atoms with Gasteiger partial charge < -0.3 is 15.0 Å². The van der Waals surface area contributed by atoms with Gasteiger partial charge in [0.2, 0.25) is 11.8 Å². The van der Waals surface area contributed by atoms with Crippen molar-refractivity contribution in [1.29, 1.82) is 0 Å². The highest BCUT2D eigenvalue weighted by molar-refractivity contribution is 7.09. The van der Waals surface area contributed by atoms with Crippen LogP contribution in [0.2, 0.25) is 0 Å². The molecular formula is C21H25N3O3S. The van der Waals surface area contributed by atoms with E-state index in [4.69, 9.17) is 4.74 Å². The Labute approximate surface area is 168 Å². The number of carbonyl (C=O) groups is 2. The number of para-hydroxylation sites is 1. The Morgan fingerprint density at radius 1 is 1.39 bits per heavy atom. The highest BCUT2D eigenvalue weighted by Gasteiger charge is 2.43. The van der Waals surface area contributed by atoms with Crippen molar-refractivity contribution in [2.75, 3.05) is 13.6 Å². The number of hydrogen-bond donors (Lipinski definition) is 1. The summed E-state index contributed by atoms with van der Waals surface area (Å²) in [5, 5.41) is 6.09. The maximum atomic E-state index is 12.7. The zero-order valence-corrected chi connectivity index (χ0v) is 17.1. The van der Waals surface area contributed by atoms with E-state index in [2.05, 4.69) is 10.3 Å². The van der Waals surface area contributed by atoms with Gasteiger partial charge in [0.05, 0.1) is 23.2 Å². The summed E-state index contributed by atoms with van der Waals surface area (Å²) in [5.74, 6) is 0.920. The number of aromatic nitrogens is 1. The fourth-order valence-corrected chi connectivity index (χ4v) is 4.71. The molecule has 0 aliphatic carbocycles. The normalized spacial score (nSPS) is 24.4. The van der Waals surface area contributed by atoms with Crippen molar-refractivity contribution in [3.63, 3.8) is 0 Å². The van der Waals surface area contributed by atoms with Crippen LogP contribution in [0.4, 0.5) is 0 Å². The summed E-state index contributed by atoms with van der Waals surface area (Å²) in [5.41, 5.74) is 1.38. The van der Waals surface area contributed by atoms with Crippen molar-refractivity contribution < 1.29 is 14.3 Å². The number of likely N-dealkylation sites (tertiary alicyclic amines) is 1. The Morgan fingerprint density at radius 3 is 3.00 bits per heavy atom. The fraction of sp³-hybridized carbons (Fsp3) is 0.476. The van der Waals surface area contributed by atoms with Gasteiger partial charge in [-0.1, -0.05) is 18.2 Å². The first-order valence-electron chi connectivity index (χ1n) is 9.66. The van der Waals surface area contributed by atoms with E-state index in [9.17, 15) is 9.59 Å². The summed E-state index contributed by atoms with van der Waals surface area (Å²) in [4.78, 5) is 31.0. The predicted octanol–water partition coefficient (Wildman–Crippen LogP) is 3.02. The largest absolute Gasteiger partial charge is 0.487 e. The fourth-order valence-electron chi connectivity index (χ4n) is 4.10. The number of carbonyl (C=O) groups excluding carboxylic acids is 2. The van der Waals surface area contributed by atoms with Crippen molar-refractivity contribution in [2.45, 2.75) is 50.7 Å². The molecule has 1 fully saturated rings. The van der Waals surface area contributed by atoms with Crippen LogP contribution < -0.4 is 10.1 Å². The van der Waals surface area contributed by atoms with E-state index in [1.807, 2.05) is 43.6 Å². The van der Waals surface area contributed by atoms with E-state index < -0.39 is 5.60 Å². The average Bonchev–Trinajstić information content (AvgIpc) is 3.03. The zero-order chi connectivity index (χ0) is 19.7. The molecule has 2 aliphatic heterocycles. The number of hydrogen-bond acceptors (Lipinski definition) is 5. The van der Waals surface area contributed by atoms with Crippen LogP contribution in [0.5, 0.6) is 5.75 Å². The van der Waals surface area contributed by atoms with Crippen LogP contribution in [0.25, 0.3) is 0 Å². The molecule has 1 aromatic carbocycles. The summed E-state index contributed by atoms with van der Waals surface area (Å²) in [6, 6.07) is 7.75. The maximum Gasteiger partial charge on any atom is 0.226 e. The number of aryl methyl sites for hydroxylation is 1. The molecule has 2 atom stereocenters. The lowest BCUT2D eigenvalue weighted by atomic mass is 9.82. The molecule has 1 N–H and O–H groups in total. The summed E-state index contributed by atoms with van der Waals surface area (Å²) >= 11 is 1.55. The second-order valence-electron chi connectivity index (χ2n) is 7.75. The van der Waals surface area contributed by atoms with Gasteiger partial charge in [-0.25, -0.2) is 4.98 Å². The smallest absolute Gasteiger partial charge is 0.226 e. The van der Waals surface area contributed by atoms with E-state index in [0.29, 0.717) is 25.8 Å². The van der Waals surface area contributed by atoms with Gasteiger partial charge in [0.25, 0.3) is 0 Å². The Kier molecular flexibility index (Phi) is 5.10. The molecule has 148 valence electrons. The van der Waals surface area contributed by atoms with Gasteiger partial charge in [0.1, 0.15) is 11.4 Å². The molecule has 2 aromatic rings. The van der Waals surface area contributed by atoms with Gasteiger partial charge in [-0.15, -0.1) is 11.3 Å². The molecule has 1 spiro atoms. The topological polar surface area (TPSA) is 71.5 Å². The van der Waals surface area contributed by atoms with E-state index in [-0.39, 0.29) is 24.3 Å². The highest BCUT2D eigenvalue weighted by atomic mass is 32.1. The van der Waals surface area contributed by atoms with E-state index in [0.717, 1.165) is 28.4 Å². The van der Waals surface area contributed by atoms with Gasteiger partial charge in [0.15, 0.2) is 0 Å². The molecule has 0 bridgehead atoms. The Bertz CT molecular complexity index is 897. The predicted molar refractivity (Wildman–Crippen MR) is 107 cm³/mol. The first-order chi connectivity index (χ1) is 13.4. The van der Waals surface area contributed by atoms with Crippen molar-refractivity contribution in [2.24, 2.45) is 0 Å². The molecule has 2 amide bonds. The number of nitrogens with zero attached hydrogens (tertiary/aromatic N) is 2. The summed E-state index contributed by atoms with van der Waals surface area (Å²) < 4.78 is 6.43. The minimum atomic E-state index is -0.427. The molecular weight excluding hydrogens is 374 g/mol. The van der Waals surface area contributed by atoms with Crippen LogP contribution in [0.3, 0.4) is 0 Å². The Morgan fingerprint density at radius 2 is 2.21 bits per heavy atom. The average molecular weight is 400 g/mol. The van der Waals surface area contributed by atoms with Gasteiger partial charge in [-0.2, -0.15) is 0 Å². The third-order valence-corrected chi connectivity index (χ3v) is 6.49. The second kappa shape index (κ2) is 7.54. The van der Waals surface area contributed by atoms with Gasteiger partial charge in [-0.3, -0.25) is 9.59 Å². The Hall–Kier alpha value is -2.41. The summed E-state index contributed by atoms with van der Waals surface area (Å²) in [7, 11) is 1.84. The molecule has 6 nitrogen and oxygen atoms in total. The zero-order valence-electron chi connectivity index (χ0n) is 16.2. The van der Waals surface area contributed by atoms with Gasteiger partial charge >= 0.3 is 0 Å². The molecule has 0 radical (unpaired) electrons. The number of rotatable bonds is 3. The molecule has 2 unspecified atom stereocenters. The molecule has 4 rings (SSSR count). The van der Waals surface area contributed by atoms with Crippen molar-refractivity contribution in [3.8, 4) is 5.75 Å². The minimum Gasteiger partial charge on any atom is -0.487 e. The molecule has 1 saturated heterocycles. The lowest BCUT2D eigenvalue weighted by Gasteiger charge is -2.42. The quantitative estimate of drug-likeness (QED) is 0.861. The van der Waals surface area contributed by atoms with Crippen LogP contribution in [0, 0.1) is 6.92 Å². The second-order valence-corrected chi connectivity index (χ2v) is 8.81. The molecule has 7 heteroatoms. The van der Waals surface area contributed by atoms with Gasteiger partial charge in [-0.05, 0) is 19.4 Å². The summed E-state index contributed by atoms with van der Waals surface area (Å²) in [6.45, 7) is 2.61. The number of ether oxygens (including phenoxy) is 1. The third-order valence-electron chi connectivity index (χ3n) is 5.66. The highest BCUT2D eigenvalue weighted by Crippen LogP contribution is 2.44. The first kappa shape index (κ1) is 18.9. The molecule has 28 heavy (non-hydrogen) atoms. The van der Waals surface area contributed by atoms with Crippen LogP contribution in [-0.4, -0.2) is 40.9 Å². The van der Waals surface area contributed by atoms with Crippen LogP contribution in [0.1, 0.15) is 48.0 Å². The molecule has 1 aromatic heterocycles. The monoisotopic (exact) mass is 399 g/mol. The standard InChI is InChI=1S/C21H25N3O3S/c1-14-22-15(13-28-14)11-19(25)23-17-12-21(8-7-20(26)24(2)10-9-21)27-18-6-4-3-5-16(17)18/h3-6,13,17H,7-12H2,1-2H3,(H,23,25). The van der Waals surface area contributed by atoms with Crippen LogP contribution in [0.15, 0.2) is 29.6 Å². The maximum absolute atomic E-state index is 12.7. The number of thiazole rings is 1. The number of benzene rings is 1. The summed E-state index contributed by atoms with van der Waals surface area (Å²) in [6.07, 6.45) is 2.85. The third kappa shape index (κ3) is 3.90. The van der Waals surface area contributed by atoms with E-state index >= 15 is 0 Å². The van der Waals surface area contributed by atoms with Crippen LogP contribution in [-0.2, 0) is 16.0 Å². The molecule has 3 heterocycles. The van der Waals surface area contributed by atoms with Gasteiger partial charge in [0, 0.05) is 43.8 Å². The first-order valence-corrected chi connectivity index (χ1v) is 10.5. The molecule has 2 aliphatic rings. The van der Waals surface area contributed by atoms with Crippen molar-refractivity contribution >= 4 is 23.2 Å². The lowest BCUT2D eigenvalue weighted by molar-refractivity contribution is -0.129. The van der Waals surface area contributed by atoms with Crippen molar-refractivity contribution in [1.82, 2.24) is 15.2 Å². The Balaban J connectivity index is 1.55. The van der Waals surface area contributed by atoms with E-state index in [1.165, 1.54) is 0 Å².